The van der Waals surface area contributed by atoms with Gasteiger partial charge >= 0.3 is 0 Å². The number of carbonyl (C=O) groups is 1. The molecule has 0 spiro atoms. The third-order valence-electron chi connectivity index (χ3n) is 4.89. The van der Waals surface area contributed by atoms with Crippen molar-refractivity contribution in [2.75, 3.05) is 31.7 Å². The summed E-state index contributed by atoms with van der Waals surface area (Å²) in [4.78, 5) is 12.7. The lowest BCUT2D eigenvalue weighted by atomic mass is 10.2. The van der Waals surface area contributed by atoms with Gasteiger partial charge in [-0.25, -0.2) is 13.8 Å². The van der Waals surface area contributed by atoms with E-state index in [0.29, 0.717) is 35.1 Å². The third kappa shape index (κ3) is 6.51. The van der Waals surface area contributed by atoms with E-state index >= 15 is 0 Å². The van der Waals surface area contributed by atoms with E-state index in [1.165, 1.54) is 25.5 Å². The van der Waals surface area contributed by atoms with Gasteiger partial charge in [-0.3, -0.25) is 9.10 Å². The Labute approximate surface area is 205 Å². The molecule has 3 aromatic rings. The van der Waals surface area contributed by atoms with E-state index in [1.807, 2.05) is 6.92 Å². The van der Waals surface area contributed by atoms with Crippen LogP contribution in [0.4, 0.5) is 5.69 Å². The summed E-state index contributed by atoms with van der Waals surface area (Å²) in [6.07, 6.45) is 1.41. The van der Waals surface area contributed by atoms with Crippen molar-refractivity contribution in [3.63, 3.8) is 0 Å². The Morgan fingerprint density at radius 2 is 1.66 bits per heavy atom. The minimum atomic E-state index is -4.05. The molecule has 0 heterocycles. The van der Waals surface area contributed by atoms with Gasteiger partial charge < -0.3 is 14.2 Å². The second-order valence-corrected chi connectivity index (χ2v) is 9.02. The van der Waals surface area contributed by atoms with Gasteiger partial charge in [0.1, 0.15) is 23.8 Å². The number of ether oxygens (including phenoxy) is 3. The number of nitrogens with one attached hydrogen (secondary N) is 1. The van der Waals surface area contributed by atoms with Crippen LogP contribution in [0.3, 0.4) is 0 Å². The lowest BCUT2D eigenvalue weighted by Crippen LogP contribution is -2.39. The first-order valence-corrected chi connectivity index (χ1v) is 12.2. The first kappa shape index (κ1) is 25.6. The largest absolute Gasteiger partial charge is 0.497 e. The number of para-hydroxylation sites is 1. The summed E-state index contributed by atoms with van der Waals surface area (Å²) in [6.45, 7) is 1.83. The van der Waals surface area contributed by atoms with Gasteiger partial charge in [-0.05, 0) is 55.5 Å². The summed E-state index contributed by atoms with van der Waals surface area (Å²) in [5.41, 5.74) is 3.33. The quantitative estimate of drug-likeness (QED) is 0.321. The molecule has 9 nitrogen and oxygen atoms in total. The van der Waals surface area contributed by atoms with E-state index in [0.717, 1.165) is 4.31 Å². The number of hydrogen-bond acceptors (Lipinski definition) is 7. The summed E-state index contributed by atoms with van der Waals surface area (Å²) in [5, 5.41) is 3.96. The van der Waals surface area contributed by atoms with Gasteiger partial charge in [-0.1, -0.05) is 18.2 Å². The molecule has 0 aliphatic rings. The Hall–Kier alpha value is -4.05. The van der Waals surface area contributed by atoms with Crippen molar-refractivity contribution >= 4 is 27.8 Å². The zero-order valence-corrected chi connectivity index (χ0v) is 20.5. The SMILES string of the molecule is CCOc1ccc(S(=O)(=O)N(CC(=O)N/N=C/c2ccc(OC)cc2OC)c2ccccc2)cc1. The maximum atomic E-state index is 13.4. The fourth-order valence-corrected chi connectivity index (χ4v) is 4.60. The highest BCUT2D eigenvalue weighted by Gasteiger charge is 2.27. The number of hydrogen-bond donors (Lipinski definition) is 1. The minimum Gasteiger partial charge on any atom is -0.497 e. The van der Waals surface area contributed by atoms with Gasteiger partial charge in [0.25, 0.3) is 15.9 Å². The second-order valence-electron chi connectivity index (χ2n) is 7.15. The molecule has 10 heteroatoms. The summed E-state index contributed by atoms with van der Waals surface area (Å²) in [6, 6.07) is 19.6. The van der Waals surface area contributed by atoms with E-state index in [4.69, 9.17) is 14.2 Å². The van der Waals surface area contributed by atoms with Gasteiger partial charge in [-0.15, -0.1) is 0 Å². The van der Waals surface area contributed by atoms with E-state index in [-0.39, 0.29) is 4.90 Å². The predicted molar refractivity (Wildman–Crippen MR) is 134 cm³/mol. The van der Waals surface area contributed by atoms with Crippen molar-refractivity contribution in [2.45, 2.75) is 11.8 Å². The van der Waals surface area contributed by atoms with Crippen molar-refractivity contribution < 1.29 is 27.4 Å². The standard InChI is InChI=1S/C25H27N3O6S/c1-4-34-21-12-14-23(15-13-21)35(30,31)28(20-8-6-5-7-9-20)18-25(29)27-26-17-19-10-11-22(32-2)16-24(19)33-3/h5-17H,4,18H2,1-3H3,(H,27,29)/b26-17+. The average molecular weight is 498 g/mol. The molecule has 0 bridgehead atoms. The Morgan fingerprint density at radius 3 is 2.29 bits per heavy atom. The normalized spacial score (nSPS) is 11.2. The molecule has 0 unspecified atom stereocenters. The topological polar surface area (TPSA) is 107 Å². The van der Waals surface area contributed by atoms with Crippen LogP contribution in [0.2, 0.25) is 0 Å². The molecule has 0 aliphatic carbocycles. The third-order valence-corrected chi connectivity index (χ3v) is 6.68. The molecule has 1 N–H and O–H groups in total. The van der Waals surface area contributed by atoms with E-state index in [9.17, 15) is 13.2 Å². The number of hydrazone groups is 1. The van der Waals surface area contributed by atoms with Crippen molar-refractivity contribution in [1.29, 1.82) is 0 Å². The van der Waals surface area contributed by atoms with Crippen LogP contribution in [0.1, 0.15) is 12.5 Å². The molecule has 1 amide bonds. The molecule has 0 aliphatic heterocycles. The molecule has 3 rings (SSSR count). The molecule has 0 saturated carbocycles. The van der Waals surface area contributed by atoms with Crippen LogP contribution in [0.5, 0.6) is 17.2 Å². The zero-order valence-electron chi connectivity index (χ0n) is 19.7. The van der Waals surface area contributed by atoms with Crippen LogP contribution in [0.25, 0.3) is 0 Å². The Kier molecular flexibility index (Phi) is 8.69. The first-order chi connectivity index (χ1) is 16.9. The lowest BCUT2D eigenvalue weighted by Gasteiger charge is -2.23. The summed E-state index contributed by atoms with van der Waals surface area (Å²) in [7, 11) is -0.993. The van der Waals surface area contributed by atoms with Crippen LogP contribution < -0.4 is 23.9 Å². The molecular weight excluding hydrogens is 470 g/mol. The molecule has 0 saturated heterocycles. The Balaban J connectivity index is 1.80. The Bertz CT molecular complexity index is 1260. The van der Waals surface area contributed by atoms with E-state index in [1.54, 1.807) is 67.8 Å². The fraction of sp³-hybridized carbons (Fsp3) is 0.200. The lowest BCUT2D eigenvalue weighted by molar-refractivity contribution is -0.119. The summed E-state index contributed by atoms with van der Waals surface area (Å²) in [5.74, 6) is 1.05. The van der Waals surface area contributed by atoms with E-state index in [2.05, 4.69) is 10.5 Å². The molecule has 0 atom stereocenters. The highest BCUT2D eigenvalue weighted by molar-refractivity contribution is 7.92. The van der Waals surface area contributed by atoms with Crippen molar-refractivity contribution in [3.05, 3.63) is 78.4 Å². The minimum absolute atomic E-state index is 0.0316. The van der Waals surface area contributed by atoms with Crippen LogP contribution >= 0.6 is 0 Å². The van der Waals surface area contributed by atoms with Crippen molar-refractivity contribution in [1.82, 2.24) is 5.43 Å². The molecule has 0 fully saturated rings. The van der Waals surface area contributed by atoms with Crippen LogP contribution in [0, 0.1) is 0 Å². The second kappa shape index (κ2) is 11.9. The van der Waals surface area contributed by atoms with Crippen molar-refractivity contribution in [3.8, 4) is 17.2 Å². The number of amides is 1. The van der Waals surface area contributed by atoms with Gasteiger partial charge in [0.15, 0.2) is 0 Å². The number of anilines is 1. The molecule has 3 aromatic carbocycles. The van der Waals surface area contributed by atoms with Crippen LogP contribution in [-0.4, -0.2) is 47.9 Å². The maximum absolute atomic E-state index is 13.4. The van der Waals surface area contributed by atoms with E-state index < -0.39 is 22.5 Å². The number of rotatable bonds is 11. The molecular formula is C25H27N3O6S. The average Bonchev–Trinajstić information content (AvgIpc) is 2.88. The van der Waals surface area contributed by atoms with Crippen LogP contribution in [0.15, 0.2) is 82.8 Å². The fourth-order valence-electron chi connectivity index (χ4n) is 3.18. The summed E-state index contributed by atoms with van der Waals surface area (Å²) < 4.78 is 43.7. The molecule has 184 valence electrons. The highest BCUT2D eigenvalue weighted by Crippen LogP contribution is 2.25. The first-order valence-electron chi connectivity index (χ1n) is 10.7. The number of sulfonamides is 1. The summed E-state index contributed by atoms with van der Waals surface area (Å²) >= 11 is 0. The zero-order chi connectivity index (χ0) is 25.3. The predicted octanol–water partition coefficient (Wildman–Crippen LogP) is 3.45. The van der Waals surface area contributed by atoms with Gasteiger partial charge in [-0.2, -0.15) is 5.10 Å². The van der Waals surface area contributed by atoms with Gasteiger partial charge in [0.05, 0.1) is 37.6 Å². The molecule has 35 heavy (non-hydrogen) atoms. The molecule has 0 radical (unpaired) electrons. The Morgan fingerprint density at radius 1 is 0.971 bits per heavy atom. The van der Waals surface area contributed by atoms with Gasteiger partial charge in [0, 0.05) is 11.6 Å². The number of methoxy groups -OCH3 is 2. The number of carbonyl (C=O) groups excluding carboxylic acids is 1. The molecule has 0 aromatic heterocycles. The number of benzene rings is 3. The van der Waals surface area contributed by atoms with Crippen molar-refractivity contribution in [2.24, 2.45) is 5.10 Å². The smallest absolute Gasteiger partial charge is 0.264 e. The maximum Gasteiger partial charge on any atom is 0.264 e. The van der Waals surface area contributed by atoms with Crippen LogP contribution in [-0.2, 0) is 14.8 Å². The van der Waals surface area contributed by atoms with Gasteiger partial charge in [0.2, 0.25) is 0 Å². The highest BCUT2D eigenvalue weighted by atomic mass is 32.2. The number of nitrogens with zero attached hydrogens (tertiary/aromatic N) is 2. The monoisotopic (exact) mass is 497 g/mol.